The van der Waals surface area contributed by atoms with E-state index in [1.54, 1.807) is 4.90 Å². The molecule has 2 amide bonds. The van der Waals surface area contributed by atoms with Crippen LogP contribution in [0.25, 0.3) is 0 Å². The van der Waals surface area contributed by atoms with E-state index in [9.17, 15) is 4.79 Å². The van der Waals surface area contributed by atoms with Crippen molar-refractivity contribution in [1.82, 2.24) is 4.90 Å². The average Bonchev–Trinajstić information content (AvgIpc) is 2.82. The Morgan fingerprint density at radius 3 is 2.40 bits per heavy atom. The summed E-state index contributed by atoms with van der Waals surface area (Å²) in [5.74, 6) is 0. The second-order valence-corrected chi connectivity index (χ2v) is 3.87. The van der Waals surface area contributed by atoms with Crippen LogP contribution in [0.5, 0.6) is 0 Å². The number of likely N-dealkylation sites (tertiary alicyclic amines) is 1. The number of urea groups is 1. The molecule has 0 radical (unpaired) electrons. The number of rotatable bonds is 1. The minimum Gasteiger partial charge on any atom is -0.324 e. The molecule has 80 valence electrons. The summed E-state index contributed by atoms with van der Waals surface area (Å²) in [5, 5.41) is 0. The molecule has 1 fully saturated rings. The molecule has 1 aromatic rings. The molecule has 0 atom stereocenters. The van der Waals surface area contributed by atoms with Crippen LogP contribution in [-0.2, 0) is 0 Å². The van der Waals surface area contributed by atoms with Crippen LogP contribution in [0.1, 0.15) is 12.8 Å². The van der Waals surface area contributed by atoms with Gasteiger partial charge in [0, 0.05) is 25.8 Å². The second-order valence-electron chi connectivity index (χ2n) is 3.87. The van der Waals surface area contributed by atoms with Crippen molar-refractivity contribution in [3.05, 3.63) is 30.3 Å². The molecule has 2 rings (SSSR count). The summed E-state index contributed by atoms with van der Waals surface area (Å²) < 4.78 is 0. The van der Waals surface area contributed by atoms with Gasteiger partial charge in [-0.05, 0) is 25.0 Å². The first-order valence-electron chi connectivity index (χ1n) is 5.37. The predicted octanol–water partition coefficient (Wildman–Crippen LogP) is 2.34. The van der Waals surface area contributed by atoms with Crippen molar-refractivity contribution in [3.8, 4) is 0 Å². The van der Waals surface area contributed by atoms with Crippen molar-refractivity contribution in [2.75, 3.05) is 25.0 Å². The SMILES string of the molecule is CN(C(=O)N1CCCC1)c1ccccc1. The molecule has 0 saturated carbocycles. The van der Waals surface area contributed by atoms with Gasteiger partial charge < -0.3 is 4.90 Å². The lowest BCUT2D eigenvalue weighted by Crippen LogP contribution is -2.39. The minimum atomic E-state index is 0.110. The van der Waals surface area contributed by atoms with Gasteiger partial charge in [0.25, 0.3) is 0 Å². The summed E-state index contributed by atoms with van der Waals surface area (Å²) in [4.78, 5) is 15.6. The molecule has 0 bridgehead atoms. The third kappa shape index (κ3) is 2.12. The molecule has 0 aliphatic carbocycles. The zero-order valence-electron chi connectivity index (χ0n) is 9.02. The van der Waals surface area contributed by atoms with Crippen LogP contribution < -0.4 is 4.90 Å². The highest BCUT2D eigenvalue weighted by Crippen LogP contribution is 2.16. The number of anilines is 1. The highest BCUT2D eigenvalue weighted by molar-refractivity contribution is 5.91. The van der Waals surface area contributed by atoms with Crippen LogP contribution in [0, 0.1) is 0 Å². The van der Waals surface area contributed by atoms with Gasteiger partial charge in [0.15, 0.2) is 0 Å². The van der Waals surface area contributed by atoms with E-state index in [0.717, 1.165) is 31.6 Å². The normalized spacial score (nSPS) is 15.4. The molecular formula is C12H16N2O. The Bertz CT molecular complexity index is 331. The smallest absolute Gasteiger partial charge is 0.324 e. The molecular weight excluding hydrogens is 188 g/mol. The first-order valence-corrected chi connectivity index (χ1v) is 5.37. The highest BCUT2D eigenvalue weighted by atomic mass is 16.2. The Morgan fingerprint density at radius 2 is 1.80 bits per heavy atom. The maximum Gasteiger partial charge on any atom is 0.324 e. The number of benzene rings is 1. The fourth-order valence-corrected chi connectivity index (χ4v) is 1.88. The Morgan fingerprint density at radius 1 is 1.20 bits per heavy atom. The Kier molecular flexibility index (Phi) is 2.90. The lowest BCUT2D eigenvalue weighted by Gasteiger charge is -2.24. The molecule has 1 heterocycles. The summed E-state index contributed by atoms with van der Waals surface area (Å²) in [7, 11) is 1.83. The largest absolute Gasteiger partial charge is 0.324 e. The van der Waals surface area contributed by atoms with Crippen molar-refractivity contribution in [1.29, 1.82) is 0 Å². The standard InChI is InChI=1S/C12H16N2O/c1-13(11-7-3-2-4-8-11)12(15)14-9-5-6-10-14/h2-4,7-8H,5-6,9-10H2,1H3. The molecule has 1 saturated heterocycles. The lowest BCUT2D eigenvalue weighted by molar-refractivity contribution is 0.217. The molecule has 15 heavy (non-hydrogen) atoms. The molecule has 0 unspecified atom stereocenters. The van der Waals surface area contributed by atoms with Gasteiger partial charge in [-0.2, -0.15) is 0 Å². The van der Waals surface area contributed by atoms with Crippen molar-refractivity contribution >= 4 is 11.7 Å². The fourth-order valence-electron chi connectivity index (χ4n) is 1.88. The number of para-hydroxylation sites is 1. The number of hydrogen-bond acceptors (Lipinski definition) is 1. The molecule has 1 aliphatic rings. The van der Waals surface area contributed by atoms with Crippen molar-refractivity contribution in [3.63, 3.8) is 0 Å². The van der Waals surface area contributed by atoms with Gasteiger partial charge in [-0.3, -0.25) is 4.90 Å². The topological polar surface area (TPSA) is 23.6 Å². The Hall–Kier alpha value is -1.51. The predicted molar refractivity (Wildman–Crippen MR) is 61.0 cm³/mol. The van der Waals surface area contributed by atoms with Crippen LogP contribution in [0.4, 0.5) is 10.5 Å². The van der Waals surface area contributed by atoms with E-state index in [-0.39, 0.29) is 6.03 Å². The van der Waals surface area contributed by atoms with Gasteiger partial charge in [0.05, 0.1) is 0 Å². The maximum atomic E-state index is 12.0. The number of carbonyl (C=O) groups is 1. The van der Waals surface area contributed by atoms with E-state index in [1.165, 1.54) is 0 Å². The van der Waals surface area contributed by atoms with Gasteiger partial charge in [0.1, 0.15) is 0 Å². The van der Waals surface area contributed by atoms with Crippen LogP contribution in [0.15, 0.2) is 30.3 Å². The van der Waals surface area contributed by atoms with E-state index in [0.29, 0.717) is 0 Å². The maximum absolute atomic E-state index is 12.0. The molecule has 3 nitrogen and oxygen atoms in total. The van der Waals surface area contributed by atoms with E-state index < -0.39 is 0 Å². The summed E-state index contributed by atoms with van der Waals surface area (Å²) in [6.45, 7) is 1.80. The zero-order chi connectivity index (χ0) is 10.7. The summed E-state index contributed by atoms with van der Waals surface area (Å²) in [5.41, 5.74) is 0.953. The summed E-state index contributed by atoms with van der Waals surface area (Å²) in [6.07, 6.45) is 2.27. The Balaban J connectivity index is 2.07. The average molecular weight is 204 g/mol. The van der Waals surface area contributed by atoms with E-state index in [2.05, 4.69) is 0 Å². The number of amides is 2. The molecule has 3 heteroatoms. The zero-order valence-corrected chi connectivity index (χ0v) is 9.02. The van der Waals surface area contributed by atoms with Crippen LogP contribution in [0.2, 0.25) is 0 Å². The molecule has 1 aliphatic heterocycles. The molecule has 1 aromatic carbocycles. The van der Waals surface area contributed by atoms with Crippen LogP contribution in [-0.4, -0.2) is 31.1 Å². The summed E-state index contributed by atoms with van der Waals surface area (Å²) >= 11 is 0. The third-order valence-electron chi connectivity index (χ3n) is 2.81. The van der Waals surface area contributed by atoms with E-state index in [4.69, 9.17) is 0 Å². The quantitative estimate of drug-likeness (QED) is 0.688. The molecule has 0 N–H and O–H groups in total. The number of carbonyl (C=O) groups excluding carboxylic acids is 1. The first kappa shape index (κ1) is 10.0. The highest BCUT2D eigenvalue weighted by Gasteiger charge is 2.21. The van der Waals surface area contributed by atoms with Crippen molar-refractivity contribution in [2.24, 2.45) is 0 Å². The van der Waals surface area contributed by atoms with Crippen molar-refractivity contribution < 1.29 is 4.79 Å². The van der Waals surface area contributed by atoms with Crippen LogP contribution >= 0.6 is 0 Å². The van der Waals surface area contributed by atoms with Crippen molar-refractivity contribution in [2.45, 2.75) is 12.8 Å². The second kappa shape index (κ2) is 4.34. The van der Waals surface area contributed by atoms with Gasteiger partial charge in [-0.25, -0.2) is 4.79 Å². The number of nitrogens with zero attached hydrogens (tertiary/aromatic N) is 2. The first-order chi connectivity index (χ1) is 7.29. The third-order valence-corrected chi connectivity index (χ3v) is 2.81. The monoisotopic (exact) mass is 204 g/mol. The number of hydrogen-bond donors (Lipinski definition) is 0. The summed E-state index contributed by atoms with van der Waals surface area (Å²) in [6, 6.07) is 9.87. The minimum absolute atomic E-state index is 0.110. The van der Waals surface area contributed by atoms with E-state index in [1.807, 2.05) is 42.3 Å². The lowest BCUT2D eigenvalue weighted by atomic mass is 10.3. The van der Waals surface area contributed by atoms with Gasteiger partial charge in [-0.15, -0.1) is 0 Å². The van der Waals surface area contributed by atoms with Crippen LogP contribution in [0.3, 0.4) is 0 Å². The molecule has 0 spiro atoms. The fraction of sp³-hybridized carbons (Fsp3) is 0.417. The van der Waals surface area contributed by atoms with E-state index >= 15 is 0 Å². The van der Waals surface area contributed by atoms with Gasteiger partial charge in [-0.1, -0.05) is 18.2 Å². The molecule has 0 aromatic heterocycles. The Labute approximate surface area is 90.3 Å². The van der Waals surface area contributed by atoms with Gasteiger partial charge in [0.2, 0.25) is 0 Å². The van der Waals surface area contributed by atoms with Gasteiger partial charge >= 0.3 is 6.03 Å².